The summed E-state index contributed by atoms with van der Waals surface area (Å²) in [6, 6.07) is 20.6. The minimum atomic E-state index is -0.299. The van der Waals surface area contributed by atoms with Gasteiger partial charge in [0.1, 0.15) is 5.75 Å². The number of benzene rings is 3. The lowest BCUT2D eigenvalue weighted by Crippen LogP contribution is -2.27. The van der Waals surface area contributed by atoms with E-state index in [4.69, 9.17) is 4.74 Å². The number of hydrogen-bond acceptors (Lipinski definition) is 5. The van der Waals surface area contributed by atoms with Crippen molar-refractivity contribution < 1.29 is 19.1 Å². The Morgan fingerprint density at radius 1 is 0.971 bits per heavy atom. The molecule has 0 bridgehead atoms. The average molecular weight is 487 g/mol. The maximum Gasteiger partial charge on any atom is 0.293 e. The largest absolute Gasteiger partial charge is 0.484 e. The molecule has 0 aliphatic carbocycles. The Kier molecular flexibility index (Phi) is 7.36. The molecule has 7 heteroatoms. The highest BCUT2D eigenvalue weighted by Crippen LogP contribution is 2.33. The number of carbonyl (C=O) groups excluding carboxylic acids is 3. The van der Waals surface area contributed by atoms with Gasteiger partial charge >= 0.3 is 0 Å². The predicted molar refractivity (Wildman–Crippen MR) is 139 cm³/mol. The van der Waals surface area contributed by atoms with E-state index in [0.29, 0.717) is 10.7 Å². The van der Waals surface area contributed by atoms with Crippen LogP contribution in [0.1, 0.15) is 27.8 Å². The van der Waals surface area contributed by atoms with Crippen LogP contribution in [-0.2, 0) is 16.1 Å². The van der Waals surface area contributed by atoms with Gasteiger partial charge in [-0.2, -0.15) is 0 Å². The van der Waals surface area contributed by atoms with Gasteiger partial charge in [-0.15, -0.1) is 0 Å². The summed E-state index contributed by atoms with van der Waals surface area (Å²) in [4.78, 5) is 39.2. The number of thioether (sulfide) groups is 1. The number of anilines is 1. The molecule has 0 spiro atoms. The molecule has 0 radical (unpaired) electrons. The molecule has 1 heterocycles. The Labute approximate surface area is 209 Å². The molecule has 1 aliphatic rings. The van der Waals surface area contributed by atoms with Crippen LogP contribution in [-0.4, -0.2) is 28.6 Å². The summed E-state index contributed by atoms with van der Waals surface area (Å²) in [5, 5.41) is 2.57. The molecule has 0 atom stereocenters. The molecule has 0 unspecified atom stereocenters. The fraction of sp³-hybridized carbons (Fsp3) is 0.179. The van der Waals surface area contributed by atoms with E-state index >= 15 is 0 Å². The van der Waals surface area contributed by atoms with Crippen molar-refractivity contribution in [2.24, 2.45) is 0 Å². The van der Waals surface area contributed by atoms with Crippen molar-refractivity contribution in [3.63, 3.8) is 0 Å². The molecule has 0 saturated carbocycles. The SMILES string of the molecule is Cc1ccc(NC(=O)COc2ccc(/C=C3\SC(=O)N(Cc4ccccc4C)C3=O)cc2)c(C)c1. The van der Waals surface area contributed by atoms with Crippen LogP contribution in [0.5, 0.6) is 5.75 Å². The van der Waals surface area contributed by atoms with Gasteiger partial charge in [0.15, 0.2) is 6.61 Å². The zero-order chi connectivity index (χ0) is 24.9. The molecule has 3 aromatic carbocycles. The Hall–Kier alpha value is -3.84. The van der Waals surface area contributed by atoms with Gasteiger partial charge in [-0.1, -0.05) is 54.1 Å². The van der Waals surface area contributed by atoms with Crippen LogP contribution in [0, 0.1) is 20.8 Å². The molecule has 1 fully saturated rings. The maximum absolute atomic E-state index is 12.8. The molecule has 35 heavy (non-hydrogen) atoms. The van der Waals surface area contributed by atoms with Crippen LogP contribution < -0.4 is 10.1 Å². The first-order valence-corrected chi connectivity index (χ1v) is 12.0. The number of amides is 3. The first-order valence-electron chi connectivity index (χ1n) is 11.2. The second kappa shape index (κ2) is 10.6. The Morgan fingerprint density at radius 3 is 2.43 bits per heavy atom. The lowest BCUT2D eigenvalue weighted by Gasteiger charge is -2.14. The van der Waals surface area contributed by atoms with E-state index in [1.54, 1.807) is 30.3 Å². The minimum absolute atomic E-state index is 0.121. The summed E-state index contributed by atoms with van der Waals surface area (Å²) in [5.74, 6) is -0.0133. The third kappa shape index (κ3) is 6.00. The minimum Gasteiger partial charge on any atom is -0.484 e. The normalized spacial score (nSPS) is 14.5. The molecule has 1 N–H and O–H groups in total. The van der Waals surface area contributed by atoms with E-state index in [9.17, 15) is 14.4 Å². The van der Waals surface area contributed by atoms with Crippen molar-refractivity contribution in [1.82, 2.24) is 4.90 Å². The Balaban J connectivity index is 1.35. The van der Waals surface area contributed by atoms with Crippen LogP contribution in [0.3, 0.4) is 0 Å². The first kappa shape index (κ1) is 24.3. The number of nitrogens with one attached hydrogen (secondary N) is 1. The molecule has 1 aliphatic heterocycles. The zero-order valence-electron chi connectivity index (χ0n) is 19.8. The van der Waals surface area contributed by atoms with Gasteiger partial charge in [-0.25, -0.2) is 0 Å². The standard InChI is InChI=1S/C28H26N2O4S/c1-18-8-13-24(20(3)14-18)29-26(31)17-34-23-11-9-21(10-12-23)15-25-27(32)30(28(33)35-25)16-22-7-5-4-6-19(22)2/h4-15H,16-17H2,1-3H3,(H,29,31)/b25-15-. The summed E-state index contributed by atoms with van der Waals surface area (Å²) < 4.78 is 5.59. The Morgan fingerprint density at radius 2 is 1.71 bits per heavy atom. The first-order chi connectivity index (χ1) is 16.8. The van der Waals surface area contributed by atoms with Crippen LogP contribution in [0.15, 0.2) is 71.6 Å². The van der Waals surface area contributed by atoms with E-state index in [2.05, 4.69) is 5.32 Å². The van der Waals surface area contributed by atoms with E-state index in [0.717, 1.165) is 45.3 Å². The van der Waals surface area contributed by atoms with Gasteiger partial charge in [-0.05, 0) is 79.1 Å². The number of carbonyl (C=O) groups is 3. The van der Waals surface area contributed by atoms with Gasteiger partial charge in [-0.3, -0.25) is 19.3 Å². The quantitative estimate of drug-likeness (QED) is 0.423. The smallest absolute Gasteiger partial charge is 0.293 e. The number of aryl methyl sites for hydroxylation is 3. The van der Waals surface area contributed by atoms with Crippen molar-refractivity contribution in [2.75, 3.05) is 11.9 Å². The van der Waals surface area contributed by atoms with E-state index in [-0.39, 0.29) is 30.2 Å². The van der Waals surface area contributed by atoms with Gasteiger partial charge in [0, 0.05) is 5.69 Å². The zero-order valence-corrected chi connectivity index (χ0v) is 20.6. The number of hydrogen-bond donors (Lipinski definition) is 1. The topological polar surface area (TPSA) is 75.7 Å². The van der Waals surface area contributed by atoms with Crippen LogP contribution in [0.4, 0.5) is 10.5 Å². The summed E-state index contributed by atoms with van der Waals surface area (Å²) in [5.41, 5.74) is 5.63. The Bertz CT molecular complexity index is 1310. The predicted octanol–water partition coefficient (Wildman–Crippen LogP) is 5.87. The highest BCUT2D eigenvalue weighted by atomic mass is 32.2. The molecule has 0 aromatic heterocycles. The van der Waals surface area contributed by atoms with Crippen molar-refractivity contribution in [1.29, 1.82) is 0 Å². The summed E-state index contributed by atoms with van der Waals surface area (Å²) in [6.07, 6.45) is 1.69. The highest BCUT2D eigenvalue weighted by molar-refractivity contribution is 8.18. The fourth-order valence-electron chi connectivity index (χ4n) is 3.69. The van der Waals surface area contributed by atoms with Gasteiger partial charge in [0.05, 0.1) is 11.4 Å². The van der Waals surface area contributed by atoms with Crippen LogP contribution in [0.25, 0.3) is 6.08 Å². The third-order valence-corrected chi connectivity index (χ3v) is 6.57. The number of imide groups is 1. The van der Waals surface area contributed by atoms with Crippen molar-refractivity contribution in [2.45, 2.75) is 27.3 Å². The molecular formula is C28H26N2O4S. The molecule has 4 rings (SSSR count). The second-order valence-electron chi connectivity index (χ2n) is 8.42. The lowest BCUT2D eigenvalue weighted by atomic mass is 10.1. The van der Waals surface area contributed by atoms with E-state index < -0.39 is 0 Å². The average Bonchev–Trinajstić information content (AvgIpc) is 3.09. The monoisotopic (exact) mass is 486 g/mol. The van der Waals surface area contributed by atoms with Gasteiger partial charge < -0.3 is 10.1 Å². The second-order valence-corrected chi connectivity index (χ2v) is 9.41. The fourth-order valence-corrected chi connectivity index (χ4v) is 4.53. The van der Waals surface area contributed by atoms with Gasteiger partial charge in [0.2, 0.25) is 0 Å². The van der Waals surface area contributed by atoms with Crippen molar-refractivity contribution in [3.8, 4) is 5.75 Å². The lowest BCUT2D eigenvalue weighted by molar-refractivity contribution is -0.123. The maximum atomic E-state index is 12.8. The number of nitrogens with zero attached hydrogens (tertiary/aromatic N) is 1. The van der Waals surface area contributed by atoms with Gasteiger partial charge in [0.25, 0.3) is 17.1 Å². The summed E-state index contributed by atoms with van der Waals surface area (Å²) in [6.45, 7) is 6.04. The summed E-state index contributed by atoms with van der Waals surface area (Å²) >= 11 is 0.937. The van der Waals surface area contributed by atoms with Crippen molar-refractivity contribution >= 4 is 40.6 Å². The molecule has 178 valence electrons. The van der Waals surface area contributed by atoms with Crippen LogP contribution in [0.2, 0.25) is 0 Å². The van der Waals surface area contributed by atoms with E-state index in [1.807, 2.05) is 63.2 Å². The molecule has 3 aromatic rings. The van der Waals surface area contributed by atoms with Crippen LogP contribution >= 0.6 is 11.8 Å². The highest BCUT2D eigenvalue weighted by Gasteiger charge is 2.35. The molecule has 1 saturated heterocycles. The van der Waals surface area contributed by atoms with E-state index in [1.165, 1.54) is 4.90 Å². The van der Waals surface area contributed by atoms with Crippen molar-refractivity contribution in [3.05, 3.63) is 99.5 Å². The number of ether oxygens (including phenoxy) is 1. The number of rotatable bonds is 7. The third-order valence-electron chi connectivity index (χ3n) is 5.67. The summed E-state index contributed by atoms with van der Waals surface area (Å²) in [7, 11) is 0. The molecule has 3 amide bonds. The molecule has 6 nitrogen and oxygen atoms in total. The molecular weight excluding hydrogens is 460 g/mol.